The minimum absolute atomic E-state index is 0.0547. The van der Waals surface area contributed by atoms with Crippen LogP contribution in [0.3, 0.4) is 0 Å². The van der Waals surface area contributed by atoms with Gasteiger partial charge in [0, 0.05) is 87.3 Å². The lowest BCUT2D eigenvalue weighted by molar-refractivity contribution is -0.386. The maximum atomic E-state index is 14.4. The minimum Gasteiger partial charge on any atom is -0.487 e. The summed E-state index contributed by atoms with van der Waals surface area (Å²) in [6.07, 6.45) is 6.21. The van der Waals surface area contributed by atoms with Gasteiger partial charge in [-0.1, -0.05) is 43.2 Å². The number of benzene rings is 3. The van der Waals surface area contributed by atoms with Crippen molar-refractivity contribution in [3.8, 4) is 11.6 Å². The highest BCUT2D eigenvalue weighted by Gasteiger charge is 2.32. The summed E-state index contributed by atoms with van der Waals surface area (Å²) in [5, 5.41) is 13.8. The highest BCUT2D eigenvalue weighted by molar-refractivity contribution is 7.90. The first-order valence-corrected chi connectivity index (χ1v) is 24.9. The fraction of sp³-hybridized carbons (Fsp3) is 0.429. The highest BCUT2D eigenvalue weighted by atomic mass is 35.5. The van der Waals surface area contributed by atoms with Crippen molar-refractivity contribution in [2.24, 2.45) is 5.41 Å². The van der Waals surface area contributed by atoms with E-state index < -0.39 is 31.4 Å². The number of anilines is 3. The number of fused-ring (bicyclic) bond motifs is 2. The number of allylic oxidation sites excluding steroid dienone is 1. The number of hydrogen-bond donors (Lipinski definition) is 2. The van der Waals surface area contributed by atoms with E-state index in [1.807, 2.05) is 41.3 Å². The van der Waals surface area contributed by atoms with E-state index in [1.165, 1.54) is 28.8 Å². The SMILES string of the molecule is CC1(C)CCC(CN2CCN(c3ccc(C(=O)NS(=O)(=O)c4ccc(OCCCN5CCOCC5)c([N+](=O)[O-])c4)c(N4CCCOc5nc6[nH]ccc6cc54)c3)CC2)=C(c2ccc(Cl)cc2)C1. The molecule has 1 amide bonds. The molecular weight excluding hydrogens is 896 g/mol. The van der Waals surface area contributed by atoms with Crippen molar-refractivity contribution in [2.45, 2.75) is 50.8 Å². The van der Waals surface area contributed by atoms with Crippen LogP contribution in [-0.2, 0) is 14.8 Å². The van der Waals surface area contributed by atoms with Gasteiger partial charge < -0.3 is 29.0 Å². The van der Waals surface area contributed by atoms with Gasteiger partial charge in [0.1, 0.15) is 11.3 Å². The number of sulfonamides is 1. The van der Waals surface area contributed by atoms with Gasteiger partial charge in [-0.3, -0.25) is 24.7 Å². The summed E-state index contributed by atoms with van der Waals surface area (Å²) in [6, 6.07) is 20.9. The van der Waals surface area contributed by atoms with Gasteiger partial charge in [0.25, 0.3) is 15.9 Å². The fourth-order valence-corrected chi connectivity index (χ4v) is 10.6. The second kappa shape index (κ2) is 19.9. The third-order valence-corrected chi connectivity index (χ3v) is 14.8. The van der Waals surface area contributed by atoms with E-state index in [2.05, 4.69) is 50.4 Å². The summed E-state index contributed by atoms with van der Waals surface area (Å²) >= 11 is 6.27. The summed E-state index contributed by atoms with van der Waals surface area (Å²) in [5.41, 5.74) is 6.58. The number of aromatic nitrogens is 2. The maximum Gasteiger partial charge on any atom is 0.312 e. The van der Waals surface area contributed by atoms with Crippen molar-refractivity contribution in [2.75, 3.05) is 95.1 Å². The molecule has 2 aromatic heterocycles. The number of morpholine rings is 1. The van der Waals surface area contributed by atoms with E-state index in [9.17, 15) is 23.3 Å². The van der Waals surface area contributed by atoms with Gasteiger partial charge in [-0.25, -0.2) is 13.1 Å². The van der Waals surface area contributed by atoms with Crippen molar-refractivity contribution in [1.82, 2.24) is 24.5 Å². The van der Waals surface area contributed by atoms with E-state index in [0.29, 0.717) is 62.1 Å². The van der Waals surface area contributed by atoms with Crippen molar-refractivity contribution < 1.29 is 32.3 Å². The number of pyridine rings is 1. The molecule has 2 fully saturated rings. The predicted octanol–water partition coefficient (Wildman–Crippen LogP) is 8.05. The van der Waals surface area contributed by atoms with Crippen molar-refractivity contribution in [3.63, 3.8) is 0 Å². The van der Waals surface area contributed by atoms with Crippen molar-refractivity contribution in [1.29, 1.82) is 0 Å². The van der Waals surface area contributed by atoms with Gasteiger partial charge >= 0.3 is 5.69 Å². The topological polar surface area (TPSA) is 176 Å². The Morgan fingerprint density at radius 2 is 1.73 bits per heavy atom. The number of carbonyl (C=O) groups is 1. The second-order valence-electron chi connectivity index (χ2n) is 18.5. The number of H-pyrrole nitrogens is 1. The number of piperazine rings is 1. The van der Waals surface area contributed by atoms with Gasteiger partial charge in [-0.2, -0.15) is 4.98 Å². The smallest absolute Gasteiger partial charge is 0.312 e. The Hall–Kier alpha value is -5.72. The molecule has 5 aromatic rings. The summed E-state index contributed by atoms with van der Waals surface area (Å²) in [5.74, 6) is -0.555. The molecule has 0 bridgehead atoms. The summed E-state index contributed by atoms with van der Waals surface area (Å²) in [4.78, 5) is 42.4. The average molecular weight is 954 g/mol. The third kappa shape index (κ3) is 10.7. The van der Waals surface area contributed by atoms with Crippen molar-refractivity contribution >= 4 is 66.9 Å². The molecule has 0 saturated carbocycles. The molecule has 0 unspecified atom stereocenters. The van der Waals surface area contributed by atoms with Crippen LogP contribution < -0.4 is 24.0 Å². The first-order chi connectivity index (χ1) is 32.3. The lowest BCUT2D eigenvalue weighted by Gasteiger charge is -2.39. The van der Waals surface area contributed by atoms with Crippen LogP contribution in [0.2, 0.25) is 5.02 Å². The zero-order chi connectivity index (χ0) is 46.7. The molecule has 2 saturated heterocycles. The summed E-state index contributed by atoms with van der Waals surface area (Å²) < 4.78 is 47.4. The Morgan fingerprint density at radius 3 is 2.51 bits per heavy atom. The Kier molecular flexibility index (Phi) is 13.8. The Balaban J connectivity index is 0.963. The van der Waals surface area contributed by atoms with Gasteiger partial charge in [-0.15, -0.1) is 0 Å². The number of nitro groups is 1. The van der Waals surface area contributed by atoms with Crippen LogP contribution in [0.5, 0.6) is 11.6 Å². The molecule has 0 spiro atoms. The van der Waals surface area contributed by atoms with Crippen LogP contribution in [-0.4, -0.2) is 124 Å². The summed E-state index contributed by atoms with van der Waals surface area (Å²) in [7, 11) is -4.60. The molecule has 0 radical (unpaired) electrons. The van der Waals surface area contributed by atoms with Gasteiger partial charge in [0.2, 0.25) is 5.88 Å². The van der Waals surface area contributed by atoms with E-state index in [0.717, 1.165) is 93.8 Å². The molecule has 16 nitrogen and oxygen atoms in total. The quantitative estimate of drug-likeness (QED) is 0.0622. The van der Waals surface area contributed by atoms with E-state index in [4.69, 9.17) is 30.8 Å². The number of ether oxygens (including phenoxy) is 3. The summed E-state index contributed by atoms with van der Waals surface area (Å²) in [6.45, 7) is 13.4. The number of nitrogens with zero attached hydrogens (tertiary/aromatic N) is 6. The standard InChI is InChI=1S/C49H57ClN8O8S/c1-49(2)15-13-36(41(32-49)34-5-7-37(50)8-6-34)33-55-19-21-56(22-20-55)38-9-11-40(42(30-38)57-18-4-26-66-48-44(57)29-35-14-16-51-46(35)52-48)47(59)53-67(62,63)39-10-12-45(43(31-39)58(60)61)65-25-3-17-54-23-27-64-28-24-54/h5-12,14,16,29-31H,3-4,13,15,17-28,32-33H2,1-2H3,(H,51,52)(H,53,59). The maximum absolute atomic E-state index is 14.4. The molecule has 5 heterocycles. The Bertz CT molecular complexity index is 2770. The van der Waals surface area contributed by atoms with Crippen LogP contribution in [0.25, 0.3) is 16.6 Å². The molecule has 3 aliphatic heterocycles. The van der Waals surface area contributed by atoms with Crippen LogP contribution in [0.4, 0.5) is 22.7 Å². The predicted molar refractivity (Wildman–Crippen MR) is 259 cm³/mol. The van der Waals surface area contributed by atoms with E-state index in [-0.39, 0.29) is 23.3 Å². The highest BCUT2D eigenvalue weighted by Crippen LogP contribution is 2.44. The number of rotatable bonds is 14. The zero-order valence-electron chi connectivity index (χ0n) is 38.0. The van der Waals surface area contributed by atoms with Crippen LogP contribution in [0.1, 0.15) is 61.9 Å². The first kappa shape index (κ1) is 46.4. The average Bonchev–Trinajstić information content (AvgIpc) is 3.68. The molecule has 67 heavy (non-hydrogen) atoms. The molecule has 3 aromatic carbocycles. The fourth-order valence-electron chi connectivity index (χ4n) is 9.51. The molecule has 18 heteroatoms. The van der Waals surface area contributed by atoms with Crippen molar-refractivity contribution in [3.05, 3.63) is 111 Å². The number of aromatic amines is 1. The lowest BCUT2D eigenvalue weighted by atomic mass is 9.72. The second-order valence-corrected chi connectivity index (χ2v) is 20.6. The monoisotopic (exact) mass is 952 g/mol. The minimum atomic E-state index is -4.60. The molecule has 9 rings (SSSR count). The number of amides is 1. The Morgan fingerprint density at radius 1 is 0.940 bits per heavy atom. The molecule has 4 aliphatic rings. The molecular formula is C49H57ClN8O8S. The van der Waals surface area contributed by atoms with E-state index >= 15 is 0 Å². The molecule has 354 valence electrons. The number of halogens is 1. The van der Waals surface area contributed by atoms with Crippen LogP contribution >= 0.6 is 11.6 Å². The largest absolute Gasteiger partial charge is 0.487 e. The molecule has 0 atom stereocenters. The number of nitrogens with one attached hydrogen (secondary N) is 2. The Labute approximate surface area is 396 Å². The van der Waals surface area contributed by atoms with Crippen LogP contribution in [0, 0.1) is 15.5 Å². The zero-order valence-corrected chi connectivity index (χ0v) is 39.5. The third-order valence-electron chi connectivity index (χ3n) is 13.2. The number of carbonyl (C=O) groups excluding carboxylic acids is 1. The van der Waals surface area contributed by atoms with E-state index in [1.54, 1.807) is 12.3 Å². The number of nitro benzene ring substituents is 1. The van der Waals surface area contributed by atoms with Crippen LogP contribution in [0.15, 0.2) is 89.5 Å². The normalized spacial score (nSPS) is 18.3. The first-order valence-electron chi connectivity index (χ1n) is 23.1. The lowest BCUT2D eigenvalue weighted by Crippen LogP contribution is -2.47. The number of hydrogen-bond acceptors (Lipinski definition) is 13. The molecule has 1 aliphatic carbocycles. The van der Waals surface area contributed by atoms with Gasteiger partial charge in [-0.05, 0) is 103 Å². The van der Waals surface area contributed by atoms with Gasteiger partial charge in [0.05, 0.1) is 47.5 Å². The molecule has 2 N–H and O–H groups in total. The van der Waals surface area contributed by atoms with Gasteiger partial charge in [0.15, 0.2) is 5.75 Å².